The monoisotopic (exact) mass is 603 g/mol. The number of carbonyl (C=O) groups excluding carboxylic acids is 2. The topological polar surface area (TPSA) is 167 Å². The molecule has 1 heterocycles. The molecule has 0 aliphatic carbocycles. The third-order valence-corrected chi connectivity index (χ3v) is 7.60. The van der Waals surface area contributed by atoms with Gasteiger partial charge in [0, 0.05) is 46.0 Å². The van der Waals surface area contributed by atoms with Gasteiger partial charge in [-0.25, -0.2) is 18.8 Å². The lowest BCUT2D eigenvalue weighted by atomic mass is 10.1. The lowest BCUT2D eigenvalue weighted by molar-refractivity contribution is 0.164. The molecular weight excluding hydrogens is 570 g/mol. The second-order valence-electron chi connectivity index (χ2n) is 9.45. The van der Waals surface area contributed by atoms with E-state index < -0.39 is 15.8 Å². The van der Waals surface area contributed by atoms with Gasteiger partial charge in [0.1, 0.15) is 5.82 Å². The highest BCUT2D eigenvalue weighted by molar-refractivity contribution is 7.93. The average Bonchev–Trinajstić information content (AvgIpc) is 2.98. The Hall–Kier alpha value is -5.01. The number of aliphatic hydroxyl groups excluding tert-OH is 1. The number of aliphatic hydroxyl groups is 1. The first-order chi connectivity index (χ1) is 20.7. The summed E-state index contributed by atoms with van der Waals surface area (Å²) in [6, 6.07) is 22.3. The molecule has 0 saturated carbocycles. The van der Waals surface area contributed by atoms with Gasteiger partial charge in [-0.1, -0.05) is 36.4 Å². The zero-order chi connectivity index (χ0) is 30.8. The second kappa shape index (κ2) is 14.2. The molecule has 0 radical (unpaired) electrons. The van der Waals surface area contributed by atoms with E-state index in [4.69, 9.17) is 4.74 Å². The summed E-state index contributed by atoms with van der Waals surface area (Å²) in [7, 11) is -3.04. The molecule has 13 heteroatoms. The van der Waals surface area contributed by atoms with Gasteiger partial charge >= 0.3 is 12.1 Å². The zero-order valence-corrected chi connectivity index (χ0v) is 24.7. The van der Waals surface area contributed by atoms with E-state index >= 15 is 0 Å². The van der Waals surface area contributed by atoms with Gasteiger partial charge in [-0.3, -0.25) is 0 Å². The normalized spacial score (nSPS) is 12.7. The highest BCUT2D eigenvalue weighted by Gasteiger charge is 2.15. The van der Waals surface area contributed by atoms with Gasteiger partial charge in [-0.15, -0.1) is 4.36 Å². The van der Waals surface area contributed by atoms with Crippen molar-refractivity contribution in [2.75, 3.05) is 40.7 Å². The predicted octanol–water partition coefficient (Wildman–Crippen LogP) is 5.94. The summed E-state index contributed by atoms with van der Waals surface area (Å²) in [5, 5.41) is 21.5. The van der Waals surface area contributed by atoms with E-state index in [2.05, 4.69) is 35.6 Å². The summed E-state index contributed by atoms with van der Waals surface area (Å²) in [6.45, 7) is 3.46. The Kier molecular flexibility index (Phi) is 10.3. The van der Waals surface area contributed by atoms with Crippen molar-refractivity contribution >= 4 is 50.7 Å². The molecule has 12 nitrogen and oxygen atoms in total. The van der Waals surface area contributed by atoms with Crippen LogP contribution in [0.5, 0.6) is 0 Å². The molecular formula is C30H33N7O5S. The minimum atomic E-state index is -3.04. The minimum Gasteiger partial charge on any atom is -0.448 e. The lowest BCUT2D eigenvalue weighted by Crippen LogP contribution is -2.21. The number of hydrogen-bond donors (Lipinski definition) is 5. The van der Waals surface area contributed by atoms with E-state index in [-0.39, 0.29) is 31.2 Å². The Morgan fingerprint density at radius 2 is 1.65 bits per heavy atom. The molecule has 224 valence electrons. The van der Waals surface area contributed by atoms with Crippen LogP contribution in [0.3, 0.4) is 0 Å². The molecule has 0 aliphatic rings. The van der Waals surface area contributed by atoms with E-state index in [1.807, 2.05) is 37.3 Å². The maximum Gasteiger partial charge on any atom is 0.442 e. The summed E-state index contributed by atoms with van der Waals surface area (Å²) in [6.07, 6.45) is 2.11. The van der Waals surface area contributed by atoms with Gasteiger partial charge < -0.3 is 31.1 Å². The number of anilines is 5. The zero-order valence-electron chi connectivity index (χ0n) is 23.9. The molecule has 2 atom stereocenters. The lowest BCUT2D eigenvalue weighted by Gasteiger charge is -2.17. The second-order valence-corrected chi connectivity index (χ2v) is 11.7. The fourth-order valence-electron chi connectivity index (χ4n) is 3.87. The number of ether oxygens (including phenoxy) is 1. The Labute approximate surface area is 250 Å². The summed E-state index contributed by atoms with van der Waals surface area (Å²) >= 11 is 0. The van der Waals surface area contributed by atoms with E-state index in [9.17, 15) is 18.9 Å². The Morgan fingerprint density at radius 3 is 2.33 bits per heavy atom. The first-order valence-corrected chi connectivity index (χ1v) is 15.3. The predicted molar refractivity (Wildman–Crippen MR) is 168 cm³/mol. The number of aromatic nitrogens is 2. The Morgan fingerprint density at radius 1 is 0.977 bits per heavy atom. The van der Waals surface area contributed by atoms with Crippen LogP contribution in [0, 0.1) is 0 Å². The van der Waals surface area contributed by atoms with Crippen LogP contribution in [0.2, 0.25) is 0 Å². The van der Waals surface area contributed by atoms with Crippen molar-refractivity contribution in [1.82, 2.24) is 9.97 Å². The van der Waals surface area contributed by atoms with Gasteiger partial charge in [0.15, 0.2) is 0 Å². The van der Waals surface area contributed by atoms with Crippen molar-refractivity contribution in [3.8, 4) is 11.1 Å². The molecule has 0 saturated heterocycles. The van der Waals surface area contributed by atoms with Crippen molar-refractivity contribution in [1.29, 1.82) is 0 Å². The molecule has 3 amide bonds. The number of urea groups is 1. The highest BCUT2D eigenvalue weighted by Crippen LogP contribution is 2.29. The van der Waals surface area contributed by atoms with Crippen LogP contribution in [-0.2, 0) is 14.5 Å². The van der Waals surface area contributed by atoms with Gasteiger partial charge in [-0.2, -0.15) is 4.98 Å². The standard InChI is InChI=1S/C30H33N7O5S/c1-4-42-30(40)37-43(3,41)25-12-8-11-24(17-25)33-28-31-18-26(27(36-28)32-20(2)19-38)21-13-15-23(16-14-21)35-29(39)34-22-9-6-5-7-10-22/h5-18,20,38H,4,19H2,1-3H3,(H2,34,35,39)(H2,31,32,33,36)/t20-,43-/m1/s1. The van der Waals surface area contributed by atoms with Crippen LogP contribution in [0.1, 0.15) is 13.8 Å². The minimum absolute atomic E-state index is 0.123. The van der Waals surface area contributed by atoms with Crippen LogP contribution in [0.25, 0.3) is 11.1 Å². The SMILES string of the molecule is CCOC(=O)N=[S@](C)(=O)c1cccc(Nc2ncc(-c3ccc(NC(=O)Nc4ccccc4)cc3)c(N[C@H](C)CO)n2)c1. The molecule has 4 aromatic rings. The fourth-order valence-corrected chi connectivity index (χ4v) is 4.99. The van der Waals surface area contributed by atoms with E-state index in [0.29, 0.717) is 33.3 Å². The number of hydrogen-bond acceptors (Lipinski definition) is 9. The quantitative estimate of drug-likeness (QED) is 0.147. The van der Waals surface area contributed by atoms with Crippen molar-refractivity contribution in [3.05, 3.63) is 85.1 Å². The van der Waals surface area contributed by atoms with Crippen molar-refractivity contribution < 1.29 is 23.6 Å². The molecule has 0 spiro atoms. The number of nitrogens with one attached hydrogen (secondary N) is 4. The molecule has 4 rings (SSSR count). The summed E-state index contributed by atoms with van der Waals surface area (Å²) in [5.74, 6) is 0.712. The number of carbonyl (C=O) groups is 2. The van der Waals surface area contributed by atoms with Crippen LogP contribution < -0.4 is 21.3 Å². The number of nitrogens with zero attached hydrogens (tertiary/aromatic N) is 3. The van der Waals surface area contributed by atoms with Gasteiger partial charge in [0.25, 0.3) is 0 Å². The number of para-hydroxylation sites is 1. The smallest absolute Gasteiger partial charge is 0.442 e. The van der Waals surface area contributed by atoms with E-state index in [0.717, 1.165) is 5.56 Å². The summed E-state index contributed by atoms with van der Waals surface area (Å²) in [4.78, 5) is 33.6. The van der Waals surface area contributed by atoms with Crippen molar-refractivity contribution in [2.24, 2.45) is 4.36 Å². The Bertz CT molecular complexity index is 1690. The molecule has 0 bridgehead atoms. The summed E-state index contributed by atoms with van der Waals surface area (Å²) < 4.78 is 21.6. The fraction of sp³-hybridized carbons (Fsp3) is 0.200. The molecule has 0 aliphatic heterocycles. The van der Waals surface area contributed by atoms with Crippen molar-refractivity contribution in [2.45, 2.75) is 24.8 Å². The van der Waals surface area contributed by atoms with Crippen LogP contribution in [0.4, 0.5) is 38.4 Å². The average molecular weight is 604 g/mol. The van der Waals surface area contributed by atoms with E-state index in [1.54, 1.807) is 61.7 Å². The Balaban J connectivity index is 1.54. The van der Waals surface area contributed by atoms with Crippen LogP contribution in [0.15, 0.2) is 94.3 Å². The molecule has 5 N–H and O–H groups in total. The molecule has 3 aromatic carbocycles. The first-order valence-electron chi connectivity index (χ1n) is 13.4. The maximum absolute atomic E-state index is 13.1. The van der Waals surface area contributed by atoms with Gasteiger partial charge in [-0.05, 0) is 61.9 Å². The third-order valence-electron chi connectivity index (χ3n) is 5.98. The van der Waals surface area contributed by atoms with E-state index in [1.165, 1.54) is 6.26 Å². The third kappa shape index (κ3) is 8.74. The highest BCUT2D eigenvalue weighted by atomic mass is 32.2. The maximum atomic E-state index is 13.1. The first kappa shape index (κ1) is 30.9. The molecule has 1 aromatic heterocycles. The van der Waals surface area contributed by atoms with Crippen molar-refractivity contribution in [3.63, 3.8) is 0 Å². The molecule has 0 unspecified atom stereocenters. The molecule has 43 heavy (non-hydrogen) atoms. The largest absolute Gasteiger partial charge is 0.448 e. The summed E-state index contributed by atoms with van der Waals surface area (Å²) in [5.41, 5.74) is 3.25. The van der Waals surface area contributed by atoms with Crippen LogP contribution in [-0.4, -0.2) is 56.9 Å². The number of rotatable bonds is 10. The van der Waals surface area contributed by atoms with Crippen LogP contribution >= 0.6 is 0 Å². The number of amides is 3. The molecule has 0 fully saturated rings. The van der Waals surface area contributed by atoms with Gasteiger partial charge in [0.05, 0.1) is 22.9 Å². The van der Waals surface area contributed by atoms with Gasteiger partial charge in [0.2, 0.25) is 5.95 Å². The number of benzene rings is 3.